The molecule has 2 aromatic rings. The van der Waals surface area contributed by atoms with E-state index >= 15 is 0 Å². The molecule has 1 saturated heterocycles. The molecule has 0 aliphatic carbocycles. The highest BCUT2D eigenvalue weighted by atomic mass is 19.1. The van der Waals surface area contributed by atoms with Crippen molar-refractivity contribution >= 4 is 0 Å². The maximum atomic E-state index is 14.4. The van der Waals surface area contributed by atoms with Crippen LogP contribution in [-0.2, 0) is 0 Å². The minimum absolute atomic E-state index is 0.137. The Bertz CT molecular complexity index is 748. The molecule has 0 radical (unpaired) electrons. The number of hydrogen-bond donors (Lipinski definition) is 1. The number of benzene rings is 2. The molecule has 1 N–H and O–H groups in total. The van der Waals surface area contributed by atoms with E-state index in [4.69, 9.17) is 14.2 Å². The van der Waals surface area contributed by atoms with E-state index < -0.39 is 0 Å². The molecule has 1 aliphatic rings. The van der Waals surface area contributed by atoms with Gasteiger partial charge in [0, 0.05) is 31.7 Å². The molecule has 0 bridgehead atoms. The smallest absolute Gasteiger partial charge is 0.165 e. The van der Waals surface area contributed by atoms with Crippen molar-refractivity contribution < 1.29 is 18.6 Å². The van der Waals surface area contributed by atoms with E-state index in [0.717, 1.165) is 37.3 Å². The van der Waals surface area contributed by atoms with E-state index in [1.54, 1.807) is 26.4 Å². The lowest BCUT2D eigenvalue weighted by molar-refractivity contribution is 0.194. The zero-order valence-corrected chi connectivity index (χ0v) is 15.4. The molecular weight excluding hydrogens is 335 g/mol. The van der Waals surface area contributed by atoms with Crippen molar-refractivity contribution in [2.45, 2.75) is 6.04 Å². The highest BCUT2D eigenvalue weighted by Crippen LogP contribution is 2.40. The summed E-state index contributed by atoms with van der Waals surface area (Å²) in [6, 6.07) is 10.8. The number of nitrogens with one attached hydrogen (secondary N) is 1. The van der Waals surface area contributed by atoms with E-state index in [1.165, 1.54) is 7.11 Å². The molecular formula is C20H25FN2O3. The van der Waals surface area contributed by atoms with Crippen LogP contribution in [0.25, 0.3) is 0 Å². The van der Waals surface area contributed by atoms with Crippen molar-refractivity contribution in [1.82, 2.24) is 10.2 Å². The second-order valence-corrected chi connectivity index (χ2v) is 6.17. The molecule has 2 aromatic carbocycles. The minimum atomic E-state index is -0.369. The summed E-state index contributed by atoms with van der Waals surface area (Å²) < 4.78 is 30.6. The third-order valence-electron chi connectivity index (χ3n) is 4.74. The van der Waals surface area contributed by atoms with Crippen molar-refractivity contribution in [3.05, 3.63) is 53.3 Å². The summed E-state index contributed by atoms with van der Waals surface area (Å²) in [5.41, 5.74) is 1.81. The van der Waals surface area contributed by atoms with Crippen molar-refractivity contribution in [2.75, 3.05) is 47.5 Å². The topological polar surface area (TPSA) is 43.0 Å². The SMILES string of the molecule is COc1ccc(C(c2cccc(OC)c2OC)N2CCNCC2)cc1F. The number of halogens is 1. The van der Waals surface area contributed by atoms with E-state index in [0.29, 0.717) is 11.5 Å². The molecule has 1 aliphatic heterocycles. The quantitative estimate of drug-likeness (QED) is 0.858. The maximum absolute atomic E-state index is 14.4. The standard InChI is InChI=1S/C20H25FN2O3/c1-24-17-8-7-14(13-16(17)21)19(23-11-9-22-10-12-23)15-5-4-6-18(25-2)20(15)26-3/h4-8,13,19,22H,9-12H2,1-3H3. The largest absolute Gasteiger partial charge is 0.494 e. The first-order chi connectivity index (χ1) is 12.7. The molecule has 26 heavy (non-hydrogen) atoms. The average Bonchev–Trinajstić information content (AvgIpc) is 2.69. The van der Waals surface area contributed by atoms with Gasteiger partial charge in [0.15, 0.2) is 23.1 Å². The predicted octanol–water partition coefficient (Wildman–Crippen LogP) is 2.85. The van der Waals surface area contributed by atoms with Crippen LogP contribution in [0.4, 0.5) is 4.39 Å². The van der Waals surface area contributed by atoms with Crippen molar-refractivity contribution in [1.29, 1.82) is 0 Å². The Morgan fingerprint density at radius 3 is 2.31 bits per heavy atom. The highest BCUT2D eigenvalue weighted by Gasteiger charge is 2.28. The number of ether oxygens (including phenoxy) is 3. The number of piperazine rings is 1. The Kier molecular flexibility index (Phi) is 5.96. The highest BCUT2D eigenvalue weighted by molar-refractivity contribution is 5.51. The van der Waals surface area contributed by atoms with E-state index in [2.05, 4.69) is 10.2 Å². The Balaban J connectivity index is 2.11. The molecule has 1 atom stereocenters. The second kappa shape index (κ2) is 8.38. The number of hydrogen-bond acceptors (Lipinski definition) is 5. The minimum Gasteiger partial charge on any atom is -0.494 e. The Labute approximate surface area is 153 Å². The third kappa shape index (κ3) is 3.61. The normalized spacial score (nSPS) is 16.2. The van der Waals surface area contributed by atoms with Crippen LogP contribution in [-0.4, -0.2) is 52.4 Å². The van der Waals surface area contributed by atoms with Gasteiger partial charge in [0.2, 0.25) is 0 Å². The van der Waals surface area contributed by atoms with Gasteiger partial charge in [-0.15, -0.1) is 0 Å². The molecule has 0 amide bonds. The lowest BCUT2D eigenvalue weighted by Crippen LogP contribution is -2.45. The zero-order valence-electron chi connectivity index (χ0n) is 15.4. The van der Waals surface area contributed by atoms with Crippen molar-refractivity contribution in [3.63, 3.8) is 0 Å². The van der Waals surface area contributed by atoms with Crippen LogP contribution in [0.5, 0.6) is 17.2 Å². The van der Waals surface area contributed by atoms with Crippen LogP contribution in [0, 0.1) is 5.82 Å². The van der Waals surface area contributed by atoms with Gasteiger partial charge in [-0.25, -0.2) is 4.39 Å². The molecule has 1 unspecified atom stereocenters. The van der Waals surface area contributed by atoms with Crippen LogP contribution in [0.3, 0.4) is 0 Å². The summed E-state index contributed by atoms with van der Waals surface area (Å²) in [5, 5.41) is 3.36. The zero-order chi connectivity index (χ0) is 18.5. The first kappa shape index (κ1) is 18.5. The number of methoxy groups -OCH3 is 3. The summed E-state index contributed by atoms with van der Waals surface area (Å²) >= 11 is 0. The third-order valence-corrected chi connectivity index (χ3v) is 4.74. The van der Waals surface area contributed by atoms with Gasteiger partial charge in [-0.1, -0.05) is 18.2 Å². The molecule has 1 fully saturated rings. The van der Waals surface area contributed by atoms with Gasteiger partial charge in [-0.3, -0.25) is 4.90 Å². The molecule has 3 rings (SSSR count). The van der Waals surface area contributed by atoms with Crippen LogP contribution in [0.2, 0.25) is 0 Å². The summed E-state index contributed by atoms with van der Waals surface area (Å²) in [5.74, 6) is 1.21. The Hall–Kier alpha value is -2.31. The summed E-state index contributed by atoms with van der Waals surface area (Å²) in [4.78, 5) is 2.33. The van der Waals surface area contributed by atoms with Gasteiger partial charge in [0.25, 0.3) is 0 Å². The Morgan fingerprint density at radius 2 is 1.69 bits per heavy atom. The van der Waals surface area contributed by atoms with E-state index in [-0.39, 0.29) is 17.6 Å². The Morgan fingerprint density at radius 1 is 0.962 bits per heavy atom. The van der Waals surface area contributed by atoms with E-state index in [9.17, 15) is 4.39 Å². The summed E-state index contributed by atoms with van der Waals surface area (Å²) in [6.07, 6.45) is 0. The molecule has 1 heterocycles. The second-order valence-electron chi connectivity index (χ2n) is 6.17. The lowest BCUT2D eigenvalue weighted by Gasteiger charge is -2.36. The van der Waals surface area contributed by atoms with Crippen LogP contribution in [0.1, 0.15) is 17.2 Å². The van der Waals surface area contributed by atoms with Crippen LogP contribution >= 0.6 is 0 Å². The number of rotatable bonds is 6. The number of para-hydroxylation sites is 1. The van der Waals surface area contributed by atoms with Gasteiger partial charge < -0.3 is 19.5 Å². The molecule has 6 heteroatoms. The molecule has 0 aromatic heterocycles. The molecule has 0 saturated carbocycles. The summed E-state index contributed by atoms with van der Waals surface area (Å²) in [7, 11) is 4.72. The predicted molar refractivity (Wildman–Crippen MR) is 98.8 cm³/mol. The van der Waals surface area contributed by atoms with Crippen LogP contribution < -0.4 is 19.5 Å². The van der Waals surface area contributed by atoms with Gasteiger partial charge >= 0.3 is 0 Å². The van der Waals surface area contributed by atoms with Crippen molar-refractivity contribution in [3.8, 4) is 17.2 Å². The maximum Gasteiger partial charge on any atom is 0.165 e. The van der Waals surface area contributed by atoms with Gasteiger partial charge in [-0.2, -0.15) is 0 Å². The fraction of sp³-hybridized carbons (Fsp3) is 0.400. The van der Waals surface area contributed by atoms with E-state index in [1.807, 2.05) is 24.3 Å². The first-order valence-corrected chi connectivity index (χ1v) is 8.68. The molecule has 5 nitrogen and oxygen atoms in total. The van der Waals surface area contributed by atoms with Crippen LogP contribution in [0.15, 0.2) is 36.4 Å². The average molecular weight is 360 g/mol. The summed E-state index contributed by atoms with van der Waals surface area (Å²) in [6.45, 7) is 3.50. The fourth-order valence-corrected chi connectivity index (χ4v) is 3.51. The number of nitrogens with zero attached hydrogens (tertiary/aromatic N) is 1. The van der Waals surface area contributed by atoms with Gasteiger partial charge in [0.05, 0.1) is 27.4 Å². The van der Waals surface area contributed by atoms with Crippen molar-refractivity contribution in [2.24, 2.45) is 0 Å². The molecule has 140 valence electrons. The van der Waals surface area contributed by atoms with Gasteiger partial charge in [0.1, 0.15) is 0 Å². The first-order valence-electron chi connectivity index (χ1n) is 8.68. The molecule has 0 spiro atoms. The van der Waals surface area contributed by atoms with Gasteiger partial charge in [-0.05, 0) is 23.8 Å². The fourth-order valence-electron chi connectivity index (χ4n) is 3.51. The lowest BCUT2D eigenvalue weighted by atomic mass is 9.95. The monoisotopic (exact) mass is 360 g/mol.